The molecule has 0 saturated heterocycles. The van der Waals surface area contributed by atoms with Crippen LogP contribution in [0.2, 0.25) is 0 Å². The van der Waals surface area contributed by atoms with Crippen LogP contribution in [0.4, 0.5) is 4.39 Å². The first-order valence-electron chi connectivity index (χ1n) is 8.83. The molecule has 2 rings (SSSR count). The minimum absolute atomic E-state index is 0.224. The third kappa shape index (κ3) is 6.21. The van der Waals surface area contributed by atoms with Crippen LogP contribution in [0.5, 0.6) is 5.75 Å². The molecule has 2 heteroatoms. The normalized spacial score (nSPS) is 22.1. The second-order valence-corrected chi connectivity index (χ2v) is 6.47. The second kappa shape index (κ2) is 9.66. The maximum absolute atomic E-state index is 12.8. The van der Waals surface area contributed by atoms with Gasteiger partial charge in [-0.05, 0) is 61.8 Å². The number of unbranched alkanes of at least 4 members (excludes halogenated alkanes) is 2. The first-order chi connectivity index (χ1) is 10.8. The Balaban J connectivity index is 1.60. The summed E-state index contributed by atoms with van der Waals surface area (Å²) < 4.78 is 18.4. The third-order valence-electron chi connectivity index (χ3n) is 4.68. The fourth-order valence-electron chi connectivity index (χ4n) is 3.28. The highest BCUT2D eigenvalue weighted by Gasteiger charge is 2.18. The molecule has 1 nitrogen and oxygen atoms in total. The lowest BCUT2D eigenvalue weighted by atomic mass is 9.79. The lowest BCUT2D eigenvalue weighted by Gasteiger charge is -2.26. The number of benzene rings is 1. The molecular weight excluding hydrogens is 275 g/mol. The zero-order valence-corrected chi connectivity index (χ0v) is 13.8. The quantitative estimate of drug-likeness (QED) is 0.413. The summed E-state index contributed by atoms with van der Waals surface area (Å²) in [5.74, 6) is 2.19. The van der Waals surface area contributed by atoms with Crippen LogP contribution in [-0.4, -0.2) is 6.61 Å². The number of halogens is 1. The van der Waals surface area contributed by atoms with Crippen molar-refractivity contribution in [2.75, 3.05) is 6.61 Å². The summed E-state index contributed by atoms with van der Waals surface area (Å²) in [6.07, 6.45) is 15.4. The molecule has 0 heterocycles. The standard InChI is InChI=1S/C20H29FO/c1-2-3-4-6-17-8-10-18(11-9-17)7-5-16-22-20-14-12-19(21)13-15-20/h5,7,12-15,17-18H,2-4,6,8-11,16H2,1H3/b7-5+. The molecule has 0 amide bonds. The van der Waals surface area contributed by atoms with Gasteiger partial charge in [-0.25, -0.2) is 4.39 Å². The van der Waals surface area contributed by atoms with Crippen molar-refractivity contribution in [1.82, 2.24) is 0 Å². The van der Waals surface area contributed by atoms with E-state index in [9.17, 15) is 4.39 Å². The summed E-state index contributed by atoms with van der Waals surface area (Å²) in [6, 6.07) is 6.20. The predicted octanol–water partition coefficient (Wildman–Crippen LogP) is 6.15. The van der Waals surface area contributed by atoms with Crippen LogP contribution in [0.1, 0.15) is 58.3 Å². The maximum atomic E-state index is 12.8. The van der Waals surface area contributed by atoms with E-state index in [1.54, 1.807) is 12.1 Å². The van der Waals surface area contributed by atoms with Crippen LogP contribution in [0.3, 0.4) is 0 Å². The lowest BCUT2D eigenvalue weighted by Crippen LogP contribution is -2.13. The van der Waals surface area contributed by atoms with Crippen molar-refractivity contribution in [3.8, 4) is 5.75 Å². The number of hydrogen-bond donors (Lipinski definition) is 0. The van der Waals surface area contributed by atoms with Crippen molar-refractivity contribution >= 4 is 0 Å². The number of allylic oxidation sites excluding steroid dienone is 1. The molecule has 22 heavy (non-hydrogen) atoms. The molecule has 1 aliphatic carbocycles. The van der Waals surface area contributed by atoms with Gasteiger partial charge in [-0.15, -0.1) is 0 Å². The van der Waals surface area contributed by atoms with Crippen molar-refractivity contribution in [3.05, 3.63) is 42.2 Å². The molecule has 0 radical (unpaired) electrons. The number of ether oxygens (including phenoxy) is 1. The van der Waals surface area contributed by atoms with Gasteiger partial charge < -0.3 is 4.74 Å². The number of hydrogen-bond acceptors (Lipinski definition) is 1. The van der Waals surface area contributed by atoms with Crippen LogP contribution in [0, 0.1) is 17.7 Å². The van der Waals surface area contributed by atoms with Gasteiger partial charge in [-0.2, -0.15) is 0 Å². The molecule has 0 atom stereocenters. The van der Waals surface area contributed by atoms with E-state index in [1.165, 1.54) is 63.5 Å². The third-order valence-corrected chi connectivity index (χ3v) is 4.68. The Morgan fingerprint density at radius 1 is 1.09 bits per heavy atom. The summed E-state index contributed by atoms with van der Waals surface area (Å²) in [5.41, 5.74) is 0. The minimum Gasteiger partial charge on any atom is -0.490 e. The van der Waals surface area contributed by atoms with E-state index >= 15 is 0 Å². The summed E-state index contributed by atoms with van der Waals surface area (Å²) in [6.45, 7) is 2.85. The van der Waals surface area contributed by atoms with Gasteiger partial charge in [0.2, 0.25) is 0 Å². The lowest BCUT2D eigenvalue weighted by molar-refractivity contribution is 0.288. The zero-order valence-electron chi connectivity index (χ0n) is 13.8. The van der Waals surface area contributed by atoms with Crippen LogP contribution in [0.15, 0.2) is 36.4 Å². The summed E-state index contributed by atoms with van der Waals surface area (Å²) in [4.78, 5) is 0. The first kappa shape index (κ1) is 17.1. The molecule has 0 N–H and O–H groups in total. The van der Waals surface area contributed by atoms with Gasteiger partial charge in [0, 0.05) is 0 Å². The fraction of sp³-hybridized carbons (Fsp3) is 0.600. The zero-order chi connectivity index (χ0) is 15.6. The van der Waals surface area contributed by atoms with E-state index in [0.29, 0.717) is 6.61 Å². The molecular formula is C20H29FO. The summed E-state index contributed by atoms with van der Waals surface area (Å²) in [7, 11) is 0. The second-order valence-electron chi connectivity index (χ2n) is 6.47. The predicted molar refractivity (Wildman–Crippen MR) is 90.6 cm³/mol. The van der Waals surface area contributed by atoms with Crippen LogP contribution < -0.4 is 4.74 Å². The average Bonchev–Trinajstić information content (AvgIpc) is 2.55. The largest absolute Gasteiger partial charge is 0.490 e. The van der Waals surface area contributed by atoms with Crippen LogP contribution >= 0.6 is 0 Å². The molecule has 0 bridgehead atoms. The van der Waals surface area contributed by atoms with Gasteiger partial charge in [0.25, 0.3) is 0 Å². The molecule has 0 spiro atoms. The van der Waals surface area contributed by atoms with Gasteiger partial charge >= 0.3 is 0 Å². The Bertz CT molecular complexity index is 430. The maximum Gasteiger partial charge on any atom is 0.123 e. The van der Waals surface area contributed by atoms with E-state index in [1.807, 2.05) is 0 Å². The van der Waals surface area contributed by atoms with Crippen LogP contribution in [0.25, 0.3) is 0 Å². The highest BCUT2D eigenvalue weighted by Crippen LogP contribution is 2.32. The van der Waals surface area contributed by atoms with Crippen molar-refractivity contribution in [2.45, 2.75) is 58.3 Å². The molecule has 1 fully saturated rings. The van der Waals surface area contributed by atoms with Gasteiger partial charge in [0.05, 0.1) is 0 Å². The molecule has 0 aromatic heterocycles. The van der Waals surface area contributed by atoms with E-state index in [2.05, 4.69) is 19.1 Å². The van der Waals surface area contributed by atoms with Gasteiger partial charge in [-0.3, -0.25) is 0 Å². The summed E-state index contributed by atoms with van der Waals surface area (Å²) >= 11 is 0. The highest BCUT2D eigenvalue weighted by atomic mass is 19.1. The highest BCUT2D eigenvalue weighted by molar-refractivity contribution is 5.22. The molecule has 1 aromatic carbocycles. The Hall–Kier alpha value is -1.31. The Kier molecular flexibility index (Phi) is 7.48. The minimum atomic E-state index is -0.224. The smallest absolute Gasteiger partial charge is 0.123 e. The Morgan fingerprint density at radius 3 is 2.50 bits per heavy atom. The average molecular weight is 304 g/mol. The Labute approximate surface area is 134 Å². The SMILES string of the molecule is CCCCCC1CCC(/C=C/COc2ccc(F)cc2)CC1. The molecule has 122 valence electrons. The van der Waals surface area contributed by atoms with E-state index in [-0.39, 0.29) is 5.82 Å². The van der Waals surface area contributed by atoms with Crippen molar-refractivity contribution < 1.29 is 9.13 Å². The summed E-state index contributed by atoms with van der Waals surface area (Å²) in [5, 5.41) is 0. The number of rotatable bonds is 8. The first-order valence-corrected chi connectivity index (χ1v) is 8.83. The van der Waals surface area contributed by atoms with Crippen molar-refractivity contribution in [1.29, 1.82) is 0 Å². The van der Waals surface area contributed by atoms with Crippen molar-refractivity contribution in [3.63, 3.8) is 0 Å². The molecule has 0 unspecified atom stereocenters. The van der Waals surface area contributed by atoms with Gasteiger partial charge in [-0.1, -0.05) is 44.8 Å². The molecule has 1 saturated carbocycles. The van der Waals surface area contributed by atoms with Gasteiger partial charge in [0.1, 0.15) is 18.2 Å². The topological polar surface area (TPSA) is 9.23 Å². The van der Waals surface area contributed by atoms with E-state index in [0.717, 1.165) is 17.6 Å². The molecule has 1 aliphatic rings. The fourth-order valence-corrected chi connectivity index (χ4v) is 3.28. The van der Waals surface area contributed by atoms with Gasteiger partial charge in [0.15, 0.2) is 0 Å². The monoisotopic (exact) mass is 304 g/mol. The van der Waals surface area contributed by atoms with Crippen LogP contribution in [-0.2, 0) is 0 Å². The molecule has 0 aliphatic heterocycles. The van der Waals surface area contributed by atoms with E-state index in [4.69, 9.17) is 4.74 Å². The van der Waals surface area contributed by atoms with Crippen molar-refractivity contribution in [2.24, 2.45) is 11.8 Å². The van der Waals surface area contributed by atoms with E-state index < -0.39 is 0 Å². The Morgan fingerprint density at radius 2 is 1.82 bits per heavy atom. The molecule has 1 aromatic rings.